The first-order valence-electron chi connectivity index (χ1n) is 8.31. The quantitative estimate of drug-likeness (QED) is 0.877. The summed E-state index contributed by atoms with van der Waals surface area (Å²) in [6.45, 7) is 2.51. The van der Waals surface area contributed by atoms with E-state index in [0.717, 1.165) is 19.3 Å². The maximum Gasteiger partial charge on any atom is 0.317 e. The van der Waals surface area contributed by atoms with Crippen molar-refractivity contribution in [3.63, 3.8) is 0 Å². The molecule has 0 spiro atoms. The van der Waals surface area contributed by atoms with Gasteiger partial charge in [0.1, 0.15) is 0 Å². The van der Waals surface area contributed by atoms with Gasteiger partial charge in [0, 0.05) is 19.1 Å². The van der Waals surface area contributed by atoms with Crippen LogP contribution in [0.1, 0.15) is 31.7 Å². The first kappa shape index (κ1) is 15.8. The highest BCUT2D eigenvalue weighted by atomic mass is 16.4. The van der Waals surface area contributed by atoms with Crippen LogP contribution in [0.2, 0.25) is 0 Å². The number of hydrogen-bond donors (Lipinski definition) is 2. The Bertz CT molecular complexity index is 585. The van der Waals surface area contributed by atoms with Gasteiger partial charge in [-0.2, -0.15) is 0 Å². The van der Waals surface area contributed by atoms with Gasteiger partial charge in [-0.25, -0.2) is 4.79 Å². The minimum atomic E-state index is -0.823. The summed E-state index contributed by atoms with van der Waals surface area (Å²) >= 11 is 0. The molecule has 1 aromatic rings. The molecule has 5 heteroatoms. The number of nitrogens with zero attached hydrogens (tertiary/aromatic N) is 1. The number of aliphatic carboxylic acids is 1. The van der Waals surface area contributed by atoms with E-state index in [9.17, 15) is 14.7 Å². The van der Waals surface area contributed by atoms with E-state index in [0.29, 0.717) is 18.9 Å². The Morgan fingerprint density at radius 2 is 2.04 bits per heavy atom. The molecule has 3 rings (SSSR count). The largest absolute Gasteiger partial charge is 0.481 e. The van der Waals surface area contributed by atoms with Crippen molar-refractivity contribution in [3.8, 4) is 0 Å². The number of carboxylic acids is 1. The van der Waals surface area contributed by atoms with Crippen LogP contribution < -0.4 is 5.32 Å². The van der Waals surface area contributed by atoms with Crippen LogP contribution in [0.15, 0.2) is 30.3 Å². The molecule has 2 aliphatic rings. The summed E-state index contributed by atoms with van der Waals surface area (Å²) in [5.41, 5.74) is 0.410. The van der Waals surface area contributed by atoms with Crippen molar-refractivity contribution in [1.82, 2.24) is 10.2 Å². The van der Waals surface area contributed by atoms with Crippen LogP contribution in [-0.2, 0) is 11.2 Å². The highest BCUT2D eigenvalue weighted by Crippen LogP contribution is 2.35. The maximum atomic E-state index is 12.5. The lowest BCUT2D eigenvalue weighted by molar-refractivity contribution is -0.147. The van der Waals surface area contributed by atoms with Crippen molar-refractivity contribution >= 4 is 12.0 Å². The number of amides is 2. The molecule has 2 unspecified atom stereocenters. The fourth-order valence-corrected chi connectivity index (χ4v) is 3.26. The minimum Gasteiger partial charge on any atom is -0.481 e. The zero-order valence-electron chi connectivity index (χ0n) is 13.5. The Hall–Kier alpha value is -2.04. The lowest BCUT2D eigenvalue weighted by atomic mass is 9.90. The van der Waals surface area contributed by atoms with Crippen LogP contribution in [0.4, 0.5) is 4.79 Å². The van der Waals surface area contributed by atoms with Gasteiger partial charge in [0.2, 0.25) is 0 Å². The lowest BCUT2D eigenvalue weighted by Gasteiger charge is -2.24. The van der Waals surface area contributed by atoms with Crippen LogP contribution in [0.3, 0.4) is 0 Å². The fraction of sp³-hybridized carbons (Fsp3) is 0.556. The molecule has 1 saturated heterocycles. The molecule has 2 atom stereocenters. The number of rotatable bonds is 5. The van der Waals surface area contributed by atoms with Gasteiger partial charge in [-0.05, 0) is 44.1 Å². The van der Waals surface area contributed by atoms with Crippen molar-refractivity contribution in [3.05, 3.63) is 35.9 Å². The average Bonchev–Trinajstić information content (AvgIpc) is 3.29. The Morgan fingerprint density at radius 1 is 1.35 bits per heavy atom. The van der Waals surface area contributed by atoms with Gasteiger partial charge < -0.3 is 15.3 Å². The van der Waals surface area contributed by atoms with E-state index in [2.05, 4.69) is 17.4 Å². The number of carboxylic acid groups (broad SMARTS) is 1. The monoisotopic (exact) mass is 316 g/mol. The summed E-state index contributed by atoms with van der Waals surface area (Å²) in [5.74, 6) is -0.275. The molecule has 2 fully saturated rings. The normalized spacial score (nSPS) is 25.2. The van der Waals surface area contributed by atoms with Gasteiger partial charge in [-0.3, -0.25) is 4.79 Å². The zero-order valence-corrected chi connectivity index (χ0v) is 13.5. The Morgan fingerprint density at radius 3 is 2.61 bits per heavy atom. The number of nitrogens with one attached hydrogen (secondary N) is 1. The van der Waals surface area contributed by atoms with Gasteiger partial charge >= 0.3 is 12.0 Å². The summed E-state index contributed by atoms with van der Waals surface area (Å²) in [5, 5.41) is 12.4. The van der Waals surface area contributed by atoms with Gasteiger partial charge in [0.25, 0.3) is 0 Å². The number of urea groups is 1. The molecule has 23 heavy (non-hydrogen) atoms. The highest BCUT2D eigenvalue weighted by Gasteiger charge is 2.43. The van der Waals surface area contributed by atoms with Crippen LogP contribution in [0.25, 0.3) is 0 Å². The lowest BCUT2D eigenvalue weighted by Crippen LogP contribution is -2.46. The standard InChI is InChI=1S/C18H24N2O3/c1-18(16(21)22)9-10-20(12-18)17(23)19-15(14-7-8-14)11-13-5-3-2-4-6-13/h2-6,14-15H,7-12H2,1H3,(H,19,23)(H,21,22). The topological polar surface area (TPSA) is 69.6 Å². The van der Waals surface area contributed by atoms with Crippen LogP contribution in [0.5, 0.6) is 0 Å². The Balaban J connectivity index is 1.60. The van der Waals surface area contributed by atoms with E-state index in [-0.39, 0.29) is 18.6 Å². The molecule has 0 radical (unpaired) electrons. The summed E-state index contributed by atoms with van der Waals surface area (Å²) < 4.78 is 0. The van der Waals surface area contributed by atoms with Crippen molar-refractivity contribution < 1.29 is 14.7 Å². The predicted octanol–water partition coefficient (Wildman–Crippen LogP) is 2.51. The molecule has 2 N–H and O–H groups in total. The minimum absolute atomic E-state index is 0.122. The van der Waals surface area contributed by atoms with E-state index < -0.39 is 11.4 Å². The van der Waals surface area contributed by atoms with Crippen LogP contribution >= 0.6 is 0 Å². The number of carbonyl (C=O) groups excluding carboxylic acids is 1. The molecule has 0 bridgehead atoms. The molecule has 124 valence electrons. The number of likely N-dealkylation sites (tertiary alicyclic amines) is 1. The molecular formula is C18H24N2O3. The SMILES string of the molecule is CC1(C(=O)O)CCN(C(=O)NC(Cc2ccccc2)C2CC2)C1. The zero-order chi connectivity index (χ0) is 16.4. The second-order valence-corrected chi connectivity index (χ2v) is 7.12. The summed E-state index contributed by atoms with van der Waals surface area (Å²) in [7, 11) is 0. The first-order valence-corrected chi connectivity index (χ1v) is 8.31. The third-order valence-corrected chi connectivity index (χ3v) is 5.08. The average molecular weight is 316 g/mol. The van der Waals surface area contributed by atoms with Gasteiger partial charge in [0.15, 0.2) is 0 Å². The highest BCUT2D eigenvalue weighted by molar-refractivity contribution is 5.79. The summed E-state index contributed by atoms with van der Waals surface area (Å²) in [4.78, 5) is 25.5. The third kappa shape index (κ3) is 3.66. The van der Waals surface area contributed by atoms with Crippen LogP contribution in [-0.4, -0.2) is 41.1 Å². The van der Waals surface area contributed by atoms with E-state index in [1.807, 2.05) is 18.2 Å². The van der Waals surface area contributed by atoms with E-state index >= 15 is 0 Å². The van der Waals surface area contributed by atoms with Crippen molar-refractivity contribution in [2.75, 3.05) is 13.1 Å². The molecule has 1 aliphatic heterocycles. The molecule has 1 saturated carbocycles. The molecule has 5 nitrogen and oxygen atoms in total. The third-order valence-electron chi connectivity index (χ3n) is 5.08. The number of carbonyl (C=O) groups is 2. The Labute approximate surface area is 136 Å². The van der Waals surface area contributed by atoms with Crippen molar-refractivity contribution in [1.29, 1.82) is 0 Å². The summed E-state index contributed by atoms with van der Waals surface area (Å²) in [6.07, 6.45) is 3.67. The van der Waals surface area contributed by atoms with Crippen LogP contribution in [0, 0.1) is 11.3 Å². The van der Waals surface area contributed by atoms with E-state index in [4.69, 9.17) is 0 Å². The smallest absolute Gasteiger partial charge is 0.317 e. The molecule has 2 amide bonds. The van der Waals surface area contributed by atoms with Gasteiger partial charge in [-0.1, -0.05) is 30.3 Å². The maximum absolute atomic E-state index is 12.5. The Kier molecular flexibility index (Phi) is 4.28. The molecule has 1 aliphatic carbocycles. The number of hydrogen-bond acceptors (Lipinski definition) is 2. The second kappa shape index (κ2) is 6.22. The fourth-order valence-electron chi connectivity index (χ4n) is 3.26. The van der Waals surface area contributed by atoms with Gasteiger partial charge in [-0.15, -0.1) is 0 Å². The van der Waals surface area contributed by atoms with Crippen molar-refractivity contribution in [2.24, 2.45) is 11.3 Å². The predicted molar refractivity (Wildman–Crippen MR) is 87.1 cm³/mol. The molecule has 1 aromatic carbocycles. The summed E-state index contributed by atoms with van der Waals surface area (Å²) in [6, 6.07) is 10.2. The second-order valence-electron chi connectivity index (χ2n) is 7.12. The van der Waals surface area contributed by atoms with E-state index in [1.54, 1.807) is 11.8 Å². The van der Waals surface area contributed by atoms with E-state index in [1.165, 1.54) is 5.56 Å². The first-order chi connectivity index (χ1) is 11.0. The van der Waals surface area contributed by atoms with Crippen molar-refractivity contribution in [2.45, 2.75) is 38.6 Å². The molecule has 1 heterocycles. The number of benzene rings is 1. The molecule has 0 aromatic heterocycles. The molecular weight excluding hydrogens is 292 g/mol. The van der Waals surface area contributed by atoms with Gasteiger partial charge in [0.05, 0.1) is 5.41 Å².